The molecule has 2 rings (SSSR count). The highest BCUT2D eigenvalue weighted by Gasteiger charge is 2.44. The molecule has 3 N–H and O–H groups in total. The summed E-state index contributed by atoms with van der Waals surface area (Å²) in [5.74, 6) is -0.986. The first-order chi connectivity index (χ1) is 9.73. The van der Waals surface area contributed by atoms with E-state index in [1.165, 1.54) is 0 Å². The van der Waals surface area contributed by atoms with E-state index in [1.54, 1.807) is 6.07 Å². The molecule has 1 heterocycles. The van der Waals surface area contributed by atoms with E-state index in [-0.39, 0.29) is 23.8 Å². The third-order valence-corrected chi connectivity index (χ3v) is 3.75. The highest BCUT2D eigenvalue weighted by atomic mass is 16.5. The molecule has 1 saturated carbocycles. The van der Waals surface area contributed by atoms with Gasteiger partial charge < -0.3 is 9.63 Å². The highest BCUT2D eigenvalue weighted by molar-refractivity contribution is 5.91. The molecule has 0 aliphatic heterocycles. The van der Waals surface area contributed by atoms with E-state index in [4.69, 9.17) is 9.63 Å². The van der Waals surface area contributed by atoms with Gasteiger partial charge in [-0.25, -0.2) is 0 Å². The standard InChI is InChI=1S/C14H21N3O4/c1-13(2,3)9-7-11(21-17-9)16-10(18)8-15-14(12(19)20)5-4-6-14/h7,15H,4-6,8H2,1-3H3,(H,16,18)(H,19,20). The number of carboxylic acid groups (broad SMARTS) is 1. The summed E-state index contributed by atoms with van der Waals surface area (Å²) in [6, 6.07) is 1.67. The van der Waals surface area contributed by atoms with E-state index in [0.29, 0.717) is 12.8 Å². The number of carbonyl (C=O) groups is 2. The molecule has 0 saturated heterocycles. The Bertz CT molecular complexity index is 541. The van der Waals surface area contributed by atoms with Crippen LogP contribution in [0.1, 0.15) is 45.7 Å². The number of nitrogens with one attached hydrogen (secondary N) is 2. The van der Waals surface area contributed by atoms with Crippen molar-refractivity contribution in [2.75, 3.05) is 11.9 Å². The van der Waals surface area contributed by atoms with Gasteiger partial charge in [-0.3, -0.25) is 20.2 Å². The van der Waals surface area contributed by atoms with E-state index in [0.717, 1.165) is 12.1 Å². The molecular formula is C14H21N3O4. The summed E-state index contributed by atoms with van der Waals surface area (Å²) in [6.45, 7) is 5.90. The Morgan fingerprint density at radius 3 is 2.52 bits per heavy atom. The third-order valence-electron chi connectivity index (χ3n) is 3.75. The molecular weight excluding hydrogens is 274 g/mol. The zero-order valence-electron chi connectivity index (χ0n) is 12.5. The SMILES string of the molecule is CC(C)(C)c1cc(NC(=O)CNC2(C(=O)O)CCC2)on1. The largest absolute Gasteiger partial charge is 0.480 e. The number of hydrogen-bond acceptors (Lipinski definition) is 5. The van der Waals surface area contributed by atoms with E-state index in [2.05, 4.69) is 15.8 Å². The van der Waals surface area contributed by atoms with Crippen LogP contribution in [0.3, 0.4) is 0 Å². The van der Waals surface area contributed by atoms with Gasteiger partial charge in [-0.05, 0) is 19.3 Å². The van der Waals surface area contributed by atoms with Crippen LogP contribution in [0.5, 0.6) is 0 Å². The lowest BCUT2D eigenvalue weighted by molar-refractivity contribution is -0.148. The number of aromatic nitrogens is 1. The Balaban J connectivity index is 1.88. The van der Waals surface area contributed by atoms with Gasteiger partial charge in [0, 0.05) is 11.5 Å². The Labute approximate surface area is 123 Å². The van der Waals surface area contributed by atoms with Gasteiger partial charge in [0.1, 0.15) is 5.54 Å². The predicted molar refractivity (Wildman–Crippen MR) is 76.1 cm³/mol. The van der Waals surface area contributed by atoms with Crippen molar-refractivity contribution in [2.24, 2.45) is 0 Å². The lowest BCUT2D eigenvalue weighted by Crippen LogP contribution is -2.58. The van der Waals surface area contributed by atoms with Crippen LogP contribution in [0, 0.1) is 0 Å². The maximum absolute atomic E-state index is 11.8. The van der Waals surface area contributed by atoms with Crippen molar-refractivity contribution in [3.63, 3.8) is 0 Å². The molecule has 7 nitrogen and oxygen atoms in total. The maximum Gasteiger partial charge on any atom is 0.323 e. The molecule has 116 valence electrons. The van der Waals surface area contributed by atoms with E-state index in [1.807, 2.05) is 20.8 Å². The molecule has 1 aromatic rings. The summed E-state index contributed by atoms with van der Waals surface area (Å²) >= 11 is 0. The lowest BCUT2D eigenvalue weighted by Gasteiger charge is -2.38. The Morgan fingerprint density at radius 1 is 1.43 bits per heavy atom. The summed E-state index contributed by atoms with van der Waals surface area (Å²) in [6.07, 6.45) is 1.95. The molecule has 0 unspecified atom stereocenters. The van der Waals surface area contributed by atoms with Crippen molar-refractivity contribution in [3.05, 3.63) is 11.8 Å². The summed E-state index contributed by atoms with van der Waals surface area (Å²) < 4.78 is 5.06. The van der Waals surface area contributed by atoms with Crippen molar-refractivity contribution >= 4 is 17.8 Å². The first-order valence-corrected chi connectivity index (χ1v) is 6.98. The predicted octanol–water partition coefficient (Wildman–Crippen LogP) is 1.51. The molecule has 1 amide bonds. The molecule has 0 radical (unpaired) electrons. The Morgan fingerprint density at radius 2 is 2.10 bits per heavy atom. The molecule has 0 bridgehead atoms. The van der Waals surface area contributed by atoms with Crippen LogP contribution in [0.15, 0.2) is 10.6 Å². The minimum absolute atomic E-state index is 0.0716. The van der Waals surface area contributed by atoms with Crippen molar-refractivity contribution in [1.82, 2.24) is 10.5 Å². The number of nitrogens with zero attached hydrogens (tertiary/aromatic N) is 1. The smallest absolute Gasteiger partial charge is 0.323 e. The normalized spacial score (nSPS) is 17.1. The third kappa shape index (κ3) is 3.41. The molecule has 7 heteroatoms. The second-order valence-electron chi connectivity index (χ2n) is 6.47. The summed E-state index contributed by atoms with van der Waals surface area (Å²) in [5, 5.41) is 18.4. The van der Waals surface area contributed by atoms with E-state index in [9.17, 15) is 9.59 Å². The second-order valence-corrected chi connectivity index (χ2v) is 6.47. The zero-order chi connectivity index (χ0) is 15.7. The molecule has 21 heavy (non-hydrogen) atoms. The number of carbonyl (C=O) groups excluding carboxylic acids is 1. The Kier molecular flexibility index (Phi) is 4.04. The van der Waals surface area contributed by atoms with Gasteiger partial charge in [0.05, 0.1) is 12.2 Å². The van der Waals surface area contributed by atoms with Gasteiger partial charge in [-0.2, -0.15) is 0 Å². The molecule has 0 atom stereocenters. The fourth-order valence-corrected chi connectivity index (χ4v) is 2.12. The molecule has 1 aliphatic carbocycles. The first kappa shape index (κ1) is 15.5. The highest BCUT2D eigenvalue weighted by Crippen LogP contribution is 2.31. The van der Waals surface area contributed by atoms with Crippen molar-refractivity contribution in [1.29, 1.82) is 0 Å². The van der Waals surface area contributed by atoms with Crippen molar-refractivity contribution < 1.29 is 19.2 Å². The summed E-state index contributed by atoms with van der Waals surface area (Å²) in [5.41, 5.74) is -0.369. The Hall–Kier alpha value is -1.89. The van der Waals surface area contributed by atoms with Crippen molar-refractivity contribution in [2.45, 2.75) is 51.0 Å². The van der Waals surface area contributed by atoms with E-state index >= 15 is 0 Å². The fourth-order valence-electron chi connectivity index (χ4n) is 2.12. The topological polar surface area (TPSA) is 104 Å². The average Bonchev–Trinajstić information content (AvgIpc) is 2.75. The molecule has 1 aliphatic rings. The number of anilines is 1. The van der Waals surface area contributed by atoms with E-state index < -0.39 is 11.5 Å². The van der Waals surface area contributed by atoms with Crippen LogP contribution >= 0.6 is 0 Å². The molecule has 1 fully saturated rings. The van der Waals surface area contributed by atoms with Gasteiger partial charge in [0.2, 0.25) is 11.8 Å². The van der Waals surface area contributed by atoms with Crippen molar-refractivity contribution in [3.8, 4) is 0 Å². The van der Waals surface area contributed by atoms with Gasteiger partial charge in [0.15, 0.2) is 0 Å². The van der Waals surface area contributed by atoms with Crippen LogP contribution in [-0.2, 0) is 15.0 Å². The minimum atomic E-state index is -0.949. The number of rotatable bonds is 5. The number of amides is 1. The van der Waals surface area contributed by atoms with Gasteiger partial charge in [0.25, 0.3) is 0 Å². The average molecular weight is 295 g/mol. The quantitative estimate of drug-likeness (QED) is 0.760. The maximum atomic E-state index is 11.8. The first-order valence-electron chi connectivity index (χ1n) is 6.98. The number of carboxylic acids is 1. The fraction of sp³-hybridized carbons (Fsp3) is 0.643. The monoisotopic (exact) mass is 295 g/mol. The zero-order valence-corrected chi connectivity index (χ0v) is 12.5. The van der Waals surface area contributed by atoms with Gasteiger partial charge in [-0.1, -0.05) is 25.9 Å². The van der Waals surface area contributed by atoms with Crippen LogP contribution in [-0.4, -0.2) is 34.2 Å². The van der Waals surface area contributed by atoms with Gasteiger partial charge in [-0.15, -0.1) is 0 Å². The second kappa shape index (κ2) is 5.48. The van der Waals surface area contributed by atoms with Crippen LogP contribution in [0.25, 0.3) is 0 Å². The number of hydrogen-bond donors (Lipinski definition) is 3. The van der Waals surface area contributed by atoms with Gasteiger partial charge >= 0.3 is 5.97 Å². The minimum Gasteiger partial charge on any atom is -0.480 e. The molecule has 0 spiro atoms. The van der Waals surface area contributed by atoms with Crippen LogP contribution < -0.4 is 10.6 Å². The van der Waals surface area contributed by atoms with Crippen LogP contribution in [0.2, 0.25) is 0 Å². The molecule has 1 aromatic heterocycles. The summed E-state index contributed by atoms with van der Waals surface area (Å²) in [4.78, 5) is 23.0. The number of aliphatic carboxylic acids is 1. The molecule has 0 aromatic carbocycles. The summed E-state index contributed by atoms with van der Waals surface area (Å²) in [7, 11) is 0. The lowest BCUT2D eigenvalue weighted by atomic mass is 9.77. The van der Waals surface area contributed by atoms with Crippen LogP contribution in [0.4, 0.5) is 5.88 Å².